The van der Waals surface area contributed by atoms with Gasteiger partial charge in [0.2, 0.25) is 0 Å². The minimum absolute atomic E-state index is 1.25. The lowest BCUT2D eigenvalue weighted by molar-refractivity contribution is 1.66. The maximum atomic E-state index is 2.44. The highest BCUT2D eigenvalue weighted by Crippen LogP contribution is 2.46. The van der Waals surface area contributed by atoms with E-state index in [1.807, 2.05) is 0 Å². The molecule has 0 amide bonds. The van der Waals surface area contributed by atoms with E-state index in [-0.39, 0.29) is 0 Å². The molecule has 0 radical (unpaired) electrons. The summed E-state index contributed by atoms with van der Waals surface area (Å²) in [6.07, 6.45) is 0. The first-order valence-electron chi connectivity index (χ1n) is 13.2. The molecule has 8 aromatic carbocycles. The van der Waals surface area contributed by atoms with E-state index in [4.69, 9.17) is 0 Å². The monoisotopic (exact) mass is 480 g/mol. The van der Waals surface area contributed by atoms with Crippen LogP contribution in [0.1, 0.15) is 0 Å². The first-order valence-corrected chi connectivity index (χ1v) is 13.2. The van der Waals surface area contributed by atoms with E-state index in [2.05, 4.69) is 146 Å². The number of fused-ring (bicyclic) bond motifs is 6. The van der Waals surface area contributed by atoms with Gasteiger partial charge in [0, 0.05) is 0 Å². The number of benzene rings is 8. The Morgan fingerprint density at radius 1 is 0.237 bits per heavy atom. The second kappa shape index (κ2) is 8.30. The Labute approximate surface area is 221 Å². The average Bonchev–Trinajstić information content (AvgIpc) is 2.99. The molecule has 0 heterocycles. The number of rotatable bonds is 2. The van der Waals surface area contributed by atoms with E-state index in [0.717, 1.165) is 0 Å². The van der Waals surface area contributed by atoms with Crippen LogP contribution in [-0.2, 0) is 0 Å². The fraction of sp³-hybridized carbons (Fsp3) is 0. The summed E-state index contributed by atoms with van der Waals surface area (Å²) in [7, 11) is 0. The quantitative estimate of drug-likeness (QED) is 0.170. The summed E-state index contributed by atoms with van der Waals surface area (Å²) in [4.78, 5) is 0. The van der Waals surface area contributed by atoms with Crippen molar-refractivity contribution in [1.82, 2.24) is 0 Å². The molecule has 0 bridgehead atoms. The standard InChI is InChI=1S/C38H24/c1-3-12-26(13-4-1)37-33-21-28-16-7-8-17-29(28)22-34(33)38(27-14-5-2-6-15-27)36-24-32-30(23-35(36)37)20-19-25-11-9-10-18-31(25)32/h1-24H. The van der Waals surface area contributed by atoms with Crippen LogP contribution in [0.2, 0.25) is 0 Å². The van der Waals surface area contributed by atoms with E-state index in [1.165, 1.54) is 76.1 Å². The van der Waals surface area contributed by atoms with Gasteiger partial charge in [0.25, 0.3) is 0 Å². The zero-order chi connectivity index (χ0) is 25.1. The average molecular weight is 481 g/mol. The van der Waals surface area contributed by atoms with Crippen molar-refractivity contribution in [2.24, 2.45) is 0 Å². The van der Waals surface area contributed by atoms with Crippen LogP contribution in [0.5, 0.6) is 0 Å². The van der Waals surface area contributed by atoms with Gasteiger partial charge in [-0.25, -0.2) is 0 Å². The summed E-state index contributed by atoms with van der Waals surface area (Å²) in [6.45, 7) is 0. The molecule has 0 unspecified atom stereocenters. The molecule has 0 saturated carbocycles. The van der Waals surface area contributed by atoms with Gasteiger partial charge in [-0.05, 0) is 100 Å². The highest BCUT2D eigenvalue weighted by Gasteiger charge is 2.18. The molecular formula is C38H24. The molecule has 0 nitrogen and oxygen atoms in total. The number of hydrogen-bond donors (Lipinski definition) is 0. The SMILES string of the molecule is c1ccc(-c2c3cc4ccccc4cc3c(-c3ccccc3)c3cc4c(ccc5ccccc54)cc23)cc1. The van der Waals surface area contributed by atoms with Crippen LogP contribution in [0.25, 0.3) is 76.1 Å². The van der Waals surface area contributed by atoms with Gasteiger partial charge in [-0.1, -0.05) is 121 Å². The van der Waals surface area contributed by atoms with Gasteiger partial charge in [0.15, 0.2) is 0 Å². The highest BCUT2D eigenvalue weighted by atomic mass is 14.2. The van der Waals surface area contributed by atoms with Gasteiger partial charge in [-0.15, -0.1) is 0 Å². The summed E-state index contributed by atoms with van der Waals surface area (Å²) in [5, 5.41) is 12.8. The molecule has 8 rings (SSSR count). The molecule has 0 heteroatoms. The topological polar surface area (TPSA) is 0 Å². The third-order valence-electron chi connectivity index (χ3n) is 7.97. The van der Waals surface area contributed by atoms with Crippen LogP contribution < -0.4 is 0 Å². The van der Waals surface area contributed by atoms with Crippen LogP contribution in [0.3, 0.4) is 0 Å². The van der Waals surface area contributed by atoms with Crippen LogP contribution in [0.15, 0.2) is 146 Å². The van der Waals surface area contributed by atoms with E-state index >= 15 is 0 Å². The Bertz CT molecular complexity index is 2150. The molecule has 0 saturated heterocycles. The van der Waals surface area contributed by atoms with Crippen molar-refractivity contribution >= 4 is 53.9 Å². The molecule has 0 spiro atoms. The molecular weight excluding hydrogens is 456 g/mol. The largest absolute Gasteiger partial charge is 0.0622 e. The second-order valence-corrected chi connectivity index (χ2v) is 10.1. The van der Waals surface area contributed by atoms with Gasteiger partial charge < -0.3 is 0 Å². The Morgan fingerprint density at radius 3 is 1.24 bits per heavy atom. The van der Waals surface area contributed by atoms with Crippen LogP contribution in [-0.4, -0.2) is 0 Å². The third kappa shape index (κ3) is 3.17. The molecule has 0 aliphatic heterocycles. The summed E-state index contributed by atoms with van der Waals surface area (Å²) in [5.41, 5.74) is 5.10. The summed E-state index contributed by atoms with van der Waals surface area (Å²) >= 11 is 0. The summed E-state index contributed by atoms with van der Waals surface area (Å²) in [6, 6.07) is 53.4. The molecule has 0 aliphatic rings. The lowest BCUT2D eigenvalue weighted by Gasteiger charge is -2.20. The van der Waals surface area contributed by atoms with Crippen molar-refractivity contribution in [3.05, 3.63) is 146 Å². The Kier molecular flexibility index (Phi) is 4.62. The van der Waals surface area contributed by atoms with Crippen molar-refractivity contribution in [2.75, 3.05) is 0 Å². The van der Waals surface area contributed by atoms with E-state index < -0.39 is 0 Å². The second-order valence-electron chi connectivity index (χ2n) is 10.1. The first-order chi connectivity index (χ1) is 18.8. The van der Waals surface area contributed by atoms with E-state index in [9.17, 15) is 0 Å². The molecule has 8 aromatic rings. The Morgan fingerprint density at radius 2 is 0.658 bits per heavy atom. The van der Waals surface area contributed by atoms with E-state index in [0.29, 0.717) is 0 Å². The fourth-order valence-electron chi connectivity index (χ4n) is 6.24. The first kappa shape index (κ1) is 21.2. The maximum Gasteiger partial charge on any atom is -0.00259 e. The smallest absolute Gasteiger partial charge is 0.00259 e. The molecule has 0 fully saturated rings. The van der Waals surface area contributed by atoms with Crippen molar-refractivity contribution in [2.45, 2.75) is 0 Å². The van der Waals surface area contributed by atoms with Crippen LogP contribution >= 0.6 is 0 Å². The van der Waals surface area contributed by atoms with Crippen LogP contribution in [0.4, 0.5) is 0 Å². The van der Waals surface area contributed by atoms with Crippen molar-refractivity contribution in [3.63, 3.8) is 0 Å². The third-order valence-corrected chi connectivity index (χ3v) is 7.97. The minimum atomic E-state index is 1.25. The van der Waals surface area contributed by atoms with Crippen molar-refractivity contribution in [3.8, 4) is 22.3 Å². The van der Waals surface area contributed by atoms with Gasteiger partial charge in [-0.2, -0.15) is 0 Å². The summed E-state index contributed by atoms with van der Waals surface area (Å²) in [5.74, 6) is 0. The van der Waals surface area contributed by atoms with Gasteiger partial charge in [0.05, 0.1) is 0 Å². The van der Waals surface area contributed by atoms with Crippen molar-refractivity contribution < 1.29 is 0 Å². The highest BCUT2D eigenvalue weighted by molar-refractivity contribution is 6.26. The lowest BCUT2D eigenvalue weighted by Crippen LogP contribution is -1.92. The molecule has 0 atom stereocenters. The molecule has 38 heavy (non-hydrogen) atoms. The lowest BCUT2D eigenvalue weighted by atomic mass is 9.83. The predicted octanol–water partition coefficient (Wildman–Crippen LogP) is 10.8. The molecule has 0 aliphatic carbocycles. The normalized spacial score (nSPS) is 11.7. The molecule has 0 N–H and O–H groups in total. The maximum absolute atomic E-state index is 2.44. The predicted molar refractivity (Wildman–Crippen MR) is 165 cm³/mol. The Hall–Kier alpha value is -4.94. The summed E-state index contributed by atoms with van der Waals surface area (Å²) < 4.78 is 0. The van der Waals surface area contributed by atoms with Crippen LogP contribution in [0, 0.1) is 0 Å². The molecule has 176 valence electrons. The number of hydrogen-bond acceptors (Lipinski definition) is 0. The molecule has 0 aromatic heterocycles. The Balaban J connectivity index is 1.67. The van der Waals surface area contributed by atoms with Gasteiger partial charge in [0.1, 0.15) is 0 Å². The fourth-order valence-corrected chi connectivity index (χ4v) is 6.24. The zero-order valence-corrected chi connectivity index (χ0v) is 20.9. The zero-order valence-electron chi connectivity index (χ0n) is 20.9. The van der Waals surface area contributed by atoms with Crippen molar-refractivity contribution in [1.29, 1.82) is 0 Å². The van der Waals surface area contributed by atoms with Gasteiger partial charge in [-0.3, -0.25) is 0 Å². The van der Waals surface area contributed by atoms with E-state index in [1.54, 1.807) is 0 Å². The minimum Gasteiger partial charge on any atom is -0.0622 e. The van der Waals surface area contributed by atoms with Gasteiger partial charge >= 0.3 is 0 Å².